The Morgan fingerprint density at radius 2 is 1.77 bits per heavy atom. The lowest BCUT2D eigenvalue weighted by atomic mass is 10.2. The van der Waals surface area contributed by atoms with Crippen LogP contribution < -0.4 is 14.8 Å². The molecule has 0 atom stereocenters. The maximum atomic E-state index is 12.8. The SMILES string of the molecule is COc1ccc(OCCCC(=O)Nc2ccc(Cl)c(C(F)(F)F)c2)cc1. The van der Waals surface area contributed by atoms with Gasteiger partial charge in [0.1, 0.15) is 11.5 Å². The molecule has 0 spiro atoms. The Balaban J connectivity index is 1.80. The van der Waals surface area contributed by atoms with E-state index in [9.17, 15) is 18.0 Å². The van der Waals surface area contributed by atoms with Crippen LogP contribution in [0.4, 0.5) is 18.9 Å². The van der Waals surface area contributed by atoms with Crippen molar-refractivity contribution in [1.82, 2.24) is 0 Å². The average molecular weight is 388 g/mol. The van der Waals surface area contributed by atoms with Gasteiger partial charge in [0.05, 0.1) is 24.3 Å². The molecule has 0 aliphatic carbocycles. The van der Waals surface area contributed by atoms with Crippen LogP contribution in [0.3, 0.4) is 0 Å². The maximum absolute atomic E-state index is 12.8. The predicted molar refractivity (Wildman–Crippen MR) is 92.8 cm³/mol. The quantitative estimate of drug-likeness (QED) is 0.667. The molecular weight excluding hydrogens is 371 g/mol. The van der Waals surface area contributed by atoms with Gasteiger partial charge in [-0.1, -0.05) is 11.6 Å². The van der Waals surface area contributed by atoms with E-state index in [4.69, 9.17) is 21.1 Å². The van der Waals surface area contributed by atoms with Crippen molar-refractivity contribution in [2.45, 2.75) is 19.0 Å². The molecule has 1 N–H and O–H groups in total. The number of carbonyl (C=O) groups is 1. The fourth-order valence-electron chi connectivity index (χ4n) is 2.14. The maximum Gasteiger partial charge on any atom is 0.417 e. The highest BCUT2D eigenvalue weighted by atomic mass is 35.5. The van der Waals surface area contributed by atoms with E-state index in [1.165, 1.54) is 6.07 Å². The van der Waals surface area contributed by atoms with Crippen molar-refractivity contribution >= 4 is 23.2 Å². The van der Waals surface area contributed by atoms with Crippen LogP contribution in [0.2, 0.25) is 5.02 Å². The number of ether oxygens (including phenoxy) is 2. The number of hydrogen-bond acceptors (Lipinski definition) is 3. The molecule has 0 saturated heterocycles. The van der Waals surface area contributed by atoms with Crippen molar-refractivity contribution < 1.29 is 27.4 Å². The number of amides is 1. The normalized spacial score (nSPS) is 11.1. The van der Waals surface area contributed by atoms with E-state index >= 15 is 0 Å². The summed E-state index contributed by atoms with van der Waals surface area (Å²) >= 11 is 5.54. The molecular formula is C18H17ClF3NO3. The van der Waals surface area contributed by atoms with Gasteiger partial charge < -0.3 is 14.8 Å². The molecule has 0 aliphatic rings. The van der Waals surface area contributed by atoms with Crippen LogP contribution in [-0.2, 0) is 11.0 Å². The lowest BCUT2D eigenvalue weighted by molar-refractivity contribution is -0.137. The Morgan fingerprint density at radius 3 is 2.38 bits per heavy atom. The van der Waals surface area contributed by atoms with Gasteiger partial charge in [-0.25, -0.2) is 0 Å². The monoisotopic (exact) mass is 387 g/mol. The lowest BCUT2D eigenvalue weighted by Gasteiger charge is -2.12. The number of methoxy groups -OCH3 is 1. The molecule has 0 aliphatic heterocycles. The first-order chi connectivity index (χ1) is 12.3. The Hall–Kier alpha value is -2.41. The van der Waals surface area contributed by atoms with Gasteiger partial charge in [-0.3, -0.25) is 4.79 Å². The Kier molecular flexibility index (Phi) is 6.74. The third kappa shape index (κ3) is 5.84. The predicted octanol–water partition coefficient (Wildman–Crippen LogP) is 5.17. The smallest absolute Gasteiger partial charge is 0.417 e. The fraction of sp³-hybridized carbons (Fsp3) is 0.278. The van der Waals surface area contributed by atoms with E-state index < -0.39 is 22.7 Å². The summed E-state index contributed by atoms with van der Waals surface area (Å²) in [5.74, 6) is 0.940. The number of benzene rings is 2. The molecule has 8 heteroatoms. The molecule has 140 valence electrons. The summed E-state index contributed by atoms with van der Waals surface area (Å²) in [4.78, 5) is 11.9. The largest absolute Gasteiger partial charge is 0.497 e. The second-order valence-electron chi connectivity index (χ2n) is 5.37. The average Bonchev–Trinajstić information content (AvgIpc) is 2.60. The van der Waals surface area contributed by atoms with E-state index in [1.807, 2.05) is 0 Å². The number of hydrogen-bond donors (Lipinski definition) is 1. The number of nitrogens with one attached hydrogen (secondary N) is 1. The van der Waals surface area contributed by atoms with Crippen LogP contribution in [0.1, 0.15) is 18.4 Å². The third-order valence-corrected chi connectivity index (χ3v) is 3.76. The first-order valence-corrected chi connectivity index (χ1v) is 8.11. The molecule has 1 amide bonds. The van der Waals surface area contributed by atoms with Gasteiger partial charge in [0.25, 0.3) is 0 Å². The highest BCUT2D eigenvalue weighted by molar-refractivity contribution is 6.31. The van der Waals surface area contributed by atoms with Crippen molar-refractivity contribution in [3.63, 3.8) is 0 Å². The minimum atomic E-state index is -4.58. The topological polar surface area (TPSA) is 47.6 Å². The molecule has 2 aromatic carbocycles. The zero-order valence-electron chi connectivity index (χ0n) is 13.9. The minimum Gasteiger partial charge on any atom is -0.497 e. The second-order valence-corrected chi connectivity index (χ2v) is 5.78. The number of halogens is 4. The minimum absolute atomic E-state index is 0.0443. The van der Waals surface area contributed by atoms with Gasteiger partial charge in [-0.15, -0.1) is 0 Å². The second kappa shape index (κ2) is 8.80. The van der Waals surface area contributed by atoms with Gasteiger partial charge >= 0.3 is 6.18 Å². The highest BCUT2D eigenvalue weighted by Crippen LogP contribution is 2.36. The number of alkyl halides is 3. The molecule has 0 heterocycles. The van der Waals surface area contributed by atoms with Gasteiger partial charge in [0, 0.05) is 12.1 Å². The van der Waals surface area contributed by atoms with Gasteiger partial charge in [0.2, 0.25) is 5.91 Å². The Bertz CT molecular complexity index is 748. The van der Waals surface area contributed by atoms with Crippen molar-refractivity contribution in [1.29, 1.82) is 0 Å². The molecule has 0 aromatic heterocycles. The molecule has 0 bridgehead atoms. The van der Waals surface area contributed by atoms with E-state index in [-0.39, 0.29) is 12.1 Å². The molecule has 0 saturated carbocycles. The first-order valence-electron chi connectivity index (χ1n) is 7.73. The highest BCUT2D eigenvalue weighted by Gasteiger charge is 2.33. The first kappa shape index (κ1) is 19.9. The van der Waals surface area contributed by atoms with Crippen molar-refractivity contribution in [2.24, 2.45) is 0 Å². The van der Waals surface area contributed by atoms with Crippen molar-refractivity contribution in [2.75, 3.05) is 19.0 Å². The Labute approximate surface area is 153 Å². The van der Waals surface area contributed by atoms with Crippen molar-refractivity contribution in [3.8, 4) is 11.5 Å². The van der Waals surface area contributed by atoms with Gasteiger partial charge in [-0.2, -0.15) is 13.2 Å². The summed E-state index contributed by atoms with van der Waals surface area (Å²) in [5, 5.41) is 2.01. The molecule has 2 rings (SSSR count). The van der Waals surface area contributed by atoms with Crippen LogP contribution in [0, 0.1) is 0 Å². The van der Waals surface area contributed by atoms with Crippen molar-refractivity contribution in [3.05, 3.63) is 53.1 Å². The summed E-state index contributed by atoms with van der Waals surface area (Å²) in [6, 6.07) is 10.2. The molecule has 4 nitrogen and oxygen atoms in total. The molecule has 26 heavy (non-hydrogen) atoms. The molecule has 0 radical (unpaired) electrons. The van der Waals surface area contributed by atoms with Gasteiger partial charge in [0.15, 0.2) is 0 Å². The zero-order valence-corrected chi connectivity index (χ0v) is 14.7. The van der Waals surface area contributed by atoms with Crippen LogP contribution in [-0.4, -0.2) is 19.6 Å². The zero-order chi connectivity index (χ0) is 19.2. The van der Waals surface area contributed by atoms with E-state index in [0.717, 1.165) is 12.1 Å². The van der Waals surface area contributed by atoms with Crippen LogP contribution in [0.25, 0.3) is 0 Å². The third-order valence-electron chi connectivity index (χ3n) is 3.43. The van der Waals surface area contributed by atoms with E-state index in [0.29, 0.717) is 24.5 Å². The van der Waals surface area contributed by atoms with Gasteiger partial charge in [-0.05, 0) is 48.9 Å². The molecule has 0 fully saturated rings. The van der Waals surface area contributed by atoms with Crippen LogP contribution >= 0.6 is 11.6 Å². The van der Waals surface area contributed by atoms with Crippen LogP contribution in [0.5, 0.6) is 11.5 Å². The van der Waals surface area contributed by atoms with E-state index in [2.05, 4.69) is 5.32 Å². The lowest BCUT2D eigenvalue weighted by Crippen LogP contribution is -2.14. The molecule has 2 aromatic rings. The number of rotatable bonds is 7. The fourth-order valence-corrected chi connectivity index (χ4v) is 2.36. The summed E-state index contributed by atoms with van der Waals surface area (Å²) in [6.07, 6.45) is -4.05. The summed E-state index contributed by atoms with van der Waals surface area (Å²) in [5.41, 5.74) is -0.942. The number of anilines is 1. The number of carbonyl (C=O) groups excluding carboxylic acids is 1. The van der Waals surface area contributed by atoms with E-state index in [1.54, 1.807) is 31.4 Å². The Morgan fingerprint density at radius 1 is 1.12 bits per heavy atom. The summed E-state index contributed by atoms with van der Waals surface area (Å²) in [6.45, 7) is 0.300. The summed E-state index contributed by atoms with van der Waals surface area (Å²) < 4.78 is 48.9. The summed E-state index contributed by atoms with van der Waals surface area (Å²) in [7, 11) is 1.56. The standard InChI is InChI=1S/C18H17ClF3NO3/c1-25-13-5-7-14(8-6-13)26-10-2-3-17(24)23-12-4-9-16(19)15(11-12)18(20,21)22/h4-9,11H,2-3,10H2,1H3,(H,23,24). The van der Waals surface area contributed by atoms with Crippen LogP contribution in [0.15, 0.2) is 42.5 Å². The molecule has 0 unspecified atom stereocenters.